The summed E-state index contributed by atoms with van der Waals surface area (Å²) in [6, 6.07) is 5.06. The molecule has 1 aliphatic carbocycles. The van der Waals surface area contributed by atoms with Gasteiger partial charge >= 0.3 is 0 Å². The van der Waals surface area contributed by atoms with Crippen molar-refractivity contribution >= 4 is 0 Å². The molecule has 17 heavy (non-hydrogen) atoms. The average molecular weight is 238 g/mol. The zero-order valence-corrected chi connectivity index (χ0v) is 10.3. The Kier molecular flexibility index (Phi) is 3.47. The summed E-state index contributed by atoms with van der Waals surface area (Å²) in [5.74, 6) is 5.41. The molecule has 3 N–H and O–H groups in total. The maximum atomic E-state index is 13.6. The highest BCUT2D eigenvalue weighted by Gasteiger charge is 2.44. The van der Waals surface area contributed by atoms with Crippen LogP contribution in [-0.2, 0) is 4.74 Å². The minimum absolute atomic E-state index is 0.156. The molecule has 1 atom stereocenters. The summed E-state index contributed by atoms with van der Waals surface area (Å²) < 4.78 is 19.2. The van der Waals surface area contributed by atoms with Crippen molar-refractivity contribution in [3.63, 3.8) is 0 Å². The number of aryl methyl sites for hydroxylation is 1. The van der Waals surface area contributed by atoms with Crippen LogP contribution in [0.4, 0.5) is 4.39 Å². The first-order chi connectivity index (χ1) is 8.13. The zero-order valence-electron chi connectivity index (χ0n) is 10.3. The van der Waals surface area contributed by atoms with Crippen LogP contribution in [-0.4, -0.2) is 12.7 Å². The number of ether oxygens (including phenoxy) is 1. The molecule has 1 saturated carbocycles. The summed E-state index contributed by atoms with van der Waals surface area (Å²) in [5, 5.41) is 0. The van der Waals surface area contributed by atoms with Gasteiger partial charge in [0, 0.05) is 7.11 Å². The first kappa shape index (κ1) is 12.5. The predicted octanol–water partition coefficient (Wildman–Crippen LogP) is 2.21. The number of rotatable bonds is 4. The van der Waals surface area contributed by atoms with Crippen LogP contribution in [0.15, 0.2) is 18.2 Å². The molecule has 0 aliphatic heterocycles. The van der Waals surface area contributed by atoms with E-state index in [4.69, 9.17) is 10.6 Å². The number of hydrogen-bond donors (Lipinski definition) is 2. The maximum Gasteiger partial charge on any atom is 0.126 e. The molecule has 1 unspecified atom stereocenters. The molecular formula is C13H19FN2O. The van der Waals surface area contributed by atoms with E-state index in [1.54, 1.807) is 26.2 Å². The minimum Gasteiger partial charge on any atom is -0.376 e. The Balaban J connectivity index is 2.31. The molecule has 0 heterocycles. The molecule has 4 heteroatoms. The third kappa shape index (κ3) is 2.08. The van der Waals surface area contributed by atoms with E-state index < -0.39 is 0 Å². The fraction of sp³-hybridized carbons (Fsp3) is 0.538. The minimum atomic E-state index is -0.281. The number of hydrogen-bond acceptors (Lipinski definition) is 3. The lowest BCUT2D eigenvalue weighted by molar-refractivity contribution is -0.0999. The number of nitrogens with two attached hydrogens (primary N) is 1. The van der Waals surface area contributed by atoms with Gasteiger partial charge in [0.1, 0.15) is 5.82 Å². The molecular weight excluding hydrogens is 219 g/mol. The lowest BCUT2D eigenvalue weighted by Gasteiger charge is -2.46. The molecule has 0 bridgehead atoms. The van der Waals surface area contributed by atoms with Crippen molar-refractivity contribution in [1.82, 2.24) is 5.43 Å². The van der Waals surface area contributed by atoms with Gasteiger partial charge in [0.15, 0.2) is 0 Å². The van der Waals surface area contributed by atoms with Crippen LogP contribution in [0.3, 0.4) is 0 Å². The molecule has 0 aromatic heterocycles. The van der Waals surface area contributed by atoms with E-state index in [0.717, 1.165) is 24.8 Å². The van der Waals surface area contributed by atoms with Gasteiger partial charge in [0.25, 0.3) is 0 Å². The van der Waals surface area contributed by atoms with Crippen LogP contribution in [0.25, 0.3) is 0 Å². The van der Waals surface area contributed by atoms with Gasteiger partial charge in [-0.3, -0.25) is 11.3 Å². The monoisotopic (exact) mass is 238 g/mol. The normalized spacial score (nSPS) is 19.8. The Labute approximate surface area is 101 Å². The van der Waals surface area contributed by atoms with E-state index >= 15 is 0 Å². The van der Waals surface area contributed by atoms with E-state index in [9.17, 15) is 4.39 Å². The summed E-state index contributed by atoms with van der Waals surface area (Å²) in [4.78, 5) is 0. The van der Waals surface area contributed by atoms with Gasteiger partial charge in [0.2, 0.25) is 0 Å². The molecule has 0 saturated heterocycles. The maximum absolute atomic E-state index is 13.6. The third-order valence-electron chi connectivity index (χ3n) is 3.83. The molecule has 94 valence electrons. The Morgan fingerprint density at radius 3 is 2.59 bits per heavy atom. The van der Waals surface area contributed by atoms with E-state index in [1.807, 2.05) is 6.07 Å². The van der Waals surface area contributed by atoms with Crippen molar-refractivity contribution in [3.05, 3.63) is 35.1 Å². The quantitative estimate of drug-likeness (QED) is 0.624. The summed E-state index contributed by atoms with van der Waals surface area (Å²) >= 11 is 0. The number of nitrogens with one attached hydrogen (secondary N) is 1. The molecule has 0 amide bonds. The van der Waals surface area contributed by atoms with Gasteiger partial charge in [-0.2, -0.15) is 0 Å². The Hall–Kier alpha value is -0.970. The van der Waals surface area contributed by atoms with Gasteiger partial charge in [-0.05, 0) is 43.4 Å². The molecule has 0 radical (unpaired) electrons. The Morgan fingerprint density at radius 1 is 1.47 bits per heavy atom. The number of methoxy groups -OCH3 is 1. The van der Waals surface area contributed by atoms with Crippen LogP contribution in [0.5, 0.6) is 0 Å². The number of hydrazine groups is 1. The SMILES string of the molecule is COC1(C(NN)c2ccc(C)c(F)c2)CCC1. The molecule has 3 nitrogen and oxygen atoms in total. The van der Waals surface area contributed by atoms with Crippen molar-refractivity contribution in [2.45, 2.75) is 37.8 Å². The highest BCUT2D eigenvalue weighted by molar-refractivity contribution is 5.28. The van der Waals surface area contributed by atoms with Gasteiger partial charge < -0.3 is 4.74 Å². The van der Waals surface area contributed by atoms with Crippen LogP contribution >= 0.6 is 0 Å². The van der Waals surface area contributed by atoms with Crippen molar-refractivity contribution < 1.29 is 9.13 Å². The molecule has 1 aromatic rings. The Bertz CT molecular complexity index is 399. The van der Waals surface area contributed by atoms with E-state index in [1.165, 1.54) is 0 Å². The second-order valence-corrected chi connectivity index (χ2v) is 4.73. The first-order valence-corrected chi connectivity index (χ1v) is 5.90. The lowest BCUT2D eigenvalue weighted by atomic mass is 9.72. The van der Waals surface area contributed by atoms with E-state index in [-0.39, 0.29) is 17.5 Å². The average Bonchev–Trinajstić information content (AvgIpc) is 2.27. The molecule has 1 fully saturated rings. The van der Waals surface area contributed by atoms with E-state index in [2.05, 4.69) is 5.43 Å². The van der Waals surface area contributed by atoms with Crippen molar-refractivity contribution in [1.29, 1.82) is 0 Å². The van der Waals surface area contributed by atoms with Gasteiger partial charge in [0.05, 0.1) is 11.6 Å². The number of benzene rings is 1. The van der Waals surface area contributed by atoms with Crippen LogP contribution in [0.2, 0.25) is 0 Å². The Morgan fingerprint density at radius 2 is 2.18 bits per heavy atom. The molecule has 1 aliphatic rings. The summed E-state index contributed by atoms with van der Waals surface area (Å²) in [5.41, 5.74) is 3.97. The fourth-order valence-electron chi connectivity index (χ4n) is 2.48. The smallest absolute Gasteiger partial charge is 0.126 e. The molecule has 1 aromatic carbocycles. The van der Waals surface area contributed by atoms with E-state index in [0.29, 0.717) is 5.56 Å². The van der Waals surface area contributed by atoms with Crippen molar-refractivity contribution in [2.75, 3.05) is 7.11 Å². The number of halogens is 1. The topological polar surface area (TPSA) is 47.3 Å². The second kappa shape index (κ2) is 4.72. The largest absolute Gasteiger partial charge is 0.376 e. The zero-order chi connectivity index (χ0) is 12.5. The van der Waals surface area contributed by atoms with Crippen LogP contribution < -0.4 is 11.3 Å². The molecule has 0 spiro atoms. The highest BCUT2D eigenvalue weighted by atomic mass is 19.1. The van der Waals surface area contributed by atoms with Crippen molar-refractivity contribution in [2.24, 2.45) is 5.84 Å². The predicted molar refractivity (Wildman–Crippen MR) is 64.8 cm³/mol. The summed E-state index contributed by atoms with van der Waals surface area (Å²) in [6.07, 6.45) is 3.03. The third-order valence-corrected chi connectivity index (χ3v) is 3.83. The van der Waals surface area contributed by atoms with Gasteiger partial charge in [-0.15, -0.1) is 0 Å². The first-order valence-electron chi connectivity index (χ1n) is 5.90. The van der Waals surface area contributed by atoms with Crippen LogP contribution in [0, 0.1) is 12.7 Å². The summed E-state index contributed by atoms with van der Waals surface area (Å²) in [6.45, 7) is 1.75. The van der Waals surface area contributed by atoms with Gasteiger partial charge in [-0.25, -0.2) is 4.39 Å². The van der Waals surface area contributed by atoms with Crippen molar-refractivity contribution in [3.8, 4) is 0 Å². The lowest BCUT2D eigenvalue weighted by Crippen LogP contribution is -2.52. The van der Waals surface area contributed by atoms with Gasteiger partial charge in [-0.1, -0.05) is 12.1 Å². The van der Waals surface area contributed by atoms with Crippen LogP contribution in [0.1, 0.15) is 36.4 Å². The summed E-state index contributed by atoms with van der Waals surface area (Å²) in [7, 11) is 1.69. The standard InChI is InChI=1S/C13H19FN2O/c1-9-4-5-10(8-11(9)14)12(16-15)13(17-2)6-3-7-13/h4-5,8,12,16H,3,6-7,15H2,1-2H3. The second-order valence-electron chi connectivity index (χ2n) is 4.73. The highest BCUT2D eigenvalue weighted by Crippen LogP contribution is 2.44. The molecule has 2 rings (SSSR count). The fourth-order valence-corrected chi connectivity index (χ4v) is 2.48.